The van der Waals surface area contributed by atoms with Gasteiger partial charge in [-0.05, 0) is 19.1 Å². The fourth-order valence-corrected chi connectivity index (χ4v) is 2.43. The first-order chi connectivity index (χ1) is 9.22. The molecular weight excluding hydrogens is 258 g/mol. The normalized spacial score (nSPS) is 12.2. The van der Waals surface area contributed by atoms with Crippen LogP contribution in [0.2, 0.25) is 0 Å². The Morgan fingerprint density at radius 3 is 2.95 bits per heavy atom. The van der Waals surface area contributed by atoms with Crippen LogP contribution < -0.4 is 4.80 Å². The van der Waals surface area contributed by atoms with Crippen molar-refractivity contribution in [3.63, 3.8) is 0 Å². The Kier molecular flexibility index (Phi) is 4.30. The number of thiazole rings is 1. The molecule has 0 spiro atoms. The summed E-state index contributed by atoms with van der Waals surface area (Å²) in [6, 6.07) is 7.01. The van der Waals surface area contributed by atoms with E-state index in [4.69, 9.17) is 0 Å². The standard InChI is InChI=1S/C14H15N3OS/c1-3-8-17-11(2)10-19-14(17)16-15-9-12-6-4-5-7-13(12)18/h3-7,9-10,18H,1,8H2,2H3/b15-9+,16-14+. The van der Waals surface area contributed by atoms with Crippen molar-refractivity contribution in [2.24, 2.45) is 10.2 Å². The van der Waals surface area contributed by atoms with Crippen molar-refractivity contribution < 1.29 is 5.11 Å². The molecule has 0 aliphatic rings. The van der Waals surface area contributed by atoms with E-state index < -0.39 is 0 Å². The first kappa shape index (κ1) is 13.3. The lowest BCUT2D eigenvalue weighted by atomic mass is 10.2. The van der Waals surface area contributed by atoms with Gasteiger partial charge in [0.1, 0.15) is 5.75 Å². The van der Waals surface area contributed by atoms with E-state index in [0.29, 0.717) is 12.1 Å². The van der Waals surface area contributed by atoms with Crippen LogP contribution in [0.3, 0.4) is 0 Å². The van der Waals surface area contributed by atoms with Gasteiger partial charge in [0.15, 0.2) is 0 Å². The lowest BCUT2D eigenvalue weighted by molar-refractivity contribution is 0.474. The van der Waals surface area contributed by atoms with E-state index in [0.717, 1.165) is 10.5 Å². The summed E-state index contributed by atoms with van der Waals surface area (Å²) in [5, 5.41) is 19.8. The van der Waals surface area contributed by atoms with Gasteiger partial charge in [0.2, 0.25) is 4.80 Å². The topological polar surface area (TPSA) is 49.9 Å². The molecule has 4 nitrogen and oxygen atoms in total. The van der Waals surface area contributed by atoms with Gasteiger partial charge in [-0.3, -0.25) is 0 Å². The molecule has 1 aromatic heterocycles. The minimum Gasteiger partial charge on any atom is -0.507 e. The molecule has 0 unspecified atom stereocenters. The van der Waals surface area contributed by atoms with Crippen LogP contribution in [0.1, 0.15) is 11.3 Å². The SMILES string of the molecule is C=CCn1c(C)cs/c1=N/N=C/c1ccccc1O. The van der Waals surface area contributed by atoms with Gasteiger partial charge in [-0.1, -0.05) is 18.2 Å². The smallest absolute Gasteiger partial charge is 0.211 e. The quantitative estimate of drug-likeness (QED) is 0.520. The number of aromatic nitrogens is 1. The maximum atomic E-state index is 9.60. The lowest BCUT2D eigenvalue weighted by Gasteiger charge is -1.99. The van der Waals surface area contributed by atoms with Gasteiger partial charge in [0.05, 0.1) is 6.21 Å². The number of hydrogen-bond donors (Lipinski definition) is 1. The fraction of sp³-hybridized carbons (Fsp3) is 0.143. The van der Waals surface area contributed by atoms with E-state index in [2.05, 4.69) is 16.8 Å². The largest absolute Gasteiger partial charge is 0.507 e. The van der Waals surface area contributed by atoms with E-state index in [1.54, 1.807) is 24.4 Å². The molecule has 0 aliphatic carbocycles. The lowest BCUT2D eigenvalue weighted by Crippen LogP contribution is -2.14. The van der Waals surface area contributed by atoms with Crippen LogP contribution in [0.4, 0.5) is 0 Å². The maximum Gasteiger partial charge on any atom is 0.211 e. The highest BCUT2D eigenvalue weighted by Gasteiger charge is 1.98. The minimum absolute atomic E-state index is 0.197. The molecule has 0 radical (unpaired) electrons. The summed E-state index contributed by atoms with van der Waals surface area (Å²) in [5.74, 6) is 0.197. The molecule has 0 bridgehead atoms. The zero-order valence-corrected chi connectivity index (χ0v) is 11.5. The first-order valence-electron chi connectivity index (χ1n) is 5.83. The molecule has 0 saturated heterocycles. The van der Waals surface area contributed by atoms with E-state index in [1.807, 2.05) is 29.0 Å². The number of aryl methyl sites for hydroxylation is 1. The molecule has 0 aliphatic heterocycles. The number of hydrogen-bond acceptors (Lipinski definition) is 4. The van der Waals surface area contributed by atoms with Gasteiger partial charge in [-0.15, -0.1) is 23.0 Å². The van der Waals surface area contributed by atoms with Crippen molar-refractivity contribution in [1.29, 1.82) is 0 Å². The number of phenols is 1. The number of nitrogens with zero attached hydrogens (tertiary/aromatic N) is 3. The Morgan fingerprint density at radius 2 is 2.21 bits per heavy atom. The Bertz CT molecular complexity index is 667. The number of benzene rings is 1. The molecule has 98 valence electrons. The highest BCUT2D eigenvalue weighted by atomic mass is 32.1. The number of para-hydroxylation sites is 1. The Labute approximate surface area is 115 Å². The summed E-state index contributed by atoms with van der Waals surface area (Å²) in [5.41, 5.74) is 1.77. The zero-order chi connectivity index (χ0) is 13.7. The molecule has 0 atom stereocenters. The second-order valence-electron chi connectivity index (χ2n) is 3.96. The molecule has 1 aromatic carbocycles. The summed E-state index contributed by atoms with van der Waals surface area (Å²) < 4.78 is 2.03. The summed E-state index contributed by atoms with van der Waals surface area (Å²) in [7, 11) is 0. The van der Waals surface area contributed by atoms with E-state index in [1.165, 1.54) is 11.3 Å². The second-order valence-corrected chi connectivity index (χ2v) is 4.80. The Balaban J connectivity index is 2.28. The monoisotopic (exact) mass is 273 g/mol. The van der Waals surface area contributed by atoms with Crippen LogP contribution in [0.25, 0.3) is 0 Å². The third-order valence-electron chi connectivity index (χ3n) is 2.58. The van der Waals surface area contributed by atoms with Gasteiger partial charge in [-0.25, -0.2) is 0 Å². The molecule has 0 amide bonds. The predicted molar refractivity (Wildman–Crippen MR) is 78.5 cm³/mol. The molecule has 2 aromatic rings. The average molecular weight is 273 g/mol. The fourth-order valence-electron chi connectivity index (χ4n) is 1.58. The van der Waals surface area contributed by atoms with E-state index >= 15 is 0 Å². The minimum atomic E-state index is 0.197. The van der Waals surface area contributed by atoms with Gasteiger partial charge < -0.3 is 9.67 Å². The van der Waals surface area contributed by atoms with Crippen molar-refractivity contribution in [2.75, 3.05) is 0 Å². The molecule has 0 saturated carbocycles. The van der Waals surface area contributed by atoms with Crippen LogP contribution >= 0.6 is 11.3 Å². The summed E-state index contributed by atoms with van der Waals surface area (Å²) >= 11 is 1.53. The van der Waals surface area contributed by atoms with Gasteiger partial charge in [0.25, 0.3) is 0 Å². The van der Waals surface area contributed by atoms with Crippen molar-refractivity contribution in [3.8, 4) is 5.75 Å². The van der Waals surface area contributed by atoms with Gasteiger partial charge in [0, 0.05) is 23.2 Å². The molecule has 0 fully saturated rings. The van der Waals surface area contributed by atoms with Crippen LogP contribution in [-0.2, 0) is 6.54 Å². The number of rotatable bonds is 4. The Morgan fingerprint density at radius 1 is 1.42 bits per heavy atom. The molecule has 5 heteroatoms. The van der Waals surface area contributed by atoms with Gasteiger partial charge >= 0.3 is 0 Å². The third-order valence-corrected chi connectivity index (χ3v) is 3.55. The third kappa shape index (κ3) is 3.20. The molecule has 2 rings (SSSR count). The number of aromatic hydroxyl groups is 1. The highest BCUT2D eigenvalue weighted by Crippen LogP contribution is 2.12. The van der Waals surface area contributed by atoms with Crippen molar-refractivity contribution >= 4 is 17.6 Å². The van der Waals surface area contributed by atoms with Crippen LogP contribution in [0.15, 0.2) is 52.5 Å². The maximum absolute atomic E-state index is 9.60. The number of allylic oxidation sites excluding steroid dienone is 1. The van der Waals surface area contributed by atoms with Crippen LogP contribution in [-0.4, -0.2) is 15.9 Å². The Hall–Kier alpha value is -2.14. The number of phenolic OH excluding ortho intramolecular Hbond substituents is 1. The predicted octanol–water partition coefficient (Wildman–Crippen LogP) is 2.68. The van der Waals surface area contributed by atoms with Crippen molar-refractivity contribution in [3.05, 3.63) is 58.4 Å². The van der Waals surface area contributed by atoms with Gasteiger partial charge in [-0.2, -0.15) is 5.10 Å². The molecular formula is C14H15N3OS. The molecule has 1 heterocycles. The average Bonchev–Trinajstić information content (AvgIpc) is 2.74. The van der Waals surface area contributed by atoms with E-state index in [9.17, 15) is 5.11 Å². The van der Waals surface area contributed by atoms with Crippen LogP contribution in [0.5, 0.6) is 5.75 Å². The summed E-state index contributed by atoms with van der Waals surface area (Å²) in [6.45, 7) is 6.46. The summed E-state index contributed by atoms with van der Waals surface area (Å²) in [4.78, 5) is 0.809. The molecule has 19 heavy (non-hydrogen) atoms. The van der Waals surface area contributed by atoms with Crippen LogP contribution in [0, 0.1) is 6.92 Å². The van der Waals surface area contributed by atoms with Crippen molar-refractivity contribution in [1.82, 2.24) is 4.57 Å². The zero-order valence-electron chi connectivity index (χ0n) is 10.7. The van der Waals surface area contributed by atoms with E-state index in [-0.39, 0.29) is 5.75 Å². The first-order valence-corrected chi connectivity index (χ1v) is 6.71. The summed E-state index contributed by atoms with van der Waals surface area (Å²) in [6.07, 6.45) is 3.37. The molecule has 1 N–H and O–H groups in total. The highest BCUT2D eigenvalue weighted by molar-refractivity contribution is 7.07. The van der Waals surface area contributed by atoms with Crippen molar-refractivity contribution in [2.45, 2.75) is 13.5 Å². The second kappa shape index (κ2) is 6.15.